The highest BCUT2D eigenvalue weighted by atomic mass is 16.4. The van der Waals surface area contributed by atoms with Gasteiger partial charge in [0.15, 0.2) is 11.5 Å². The average Bonchev–Trinajstić information content (AvgIpc) is 3.35. The molecule has 9 heterocycles. The quantitative estimate of drug-likeness (QED) is 0.113. The smallest absolute Gasteiger partial charge is 0.354 e. The average molecular weight is 866 g/mol. The van der Waals surface area contributed by atoms with Crippen molar-refractivity contribution in [1.82, 2.24) is 50.1 Å². The number of aliphatic hydroxyl groups is 1. The van der Waals surface area contributed by atoms with Crippen molar-refractivity contribution in [1.29, 1.82) is 0 Å². The van der Waals surface area contributed by atoms with Gasteiger partial charge in [-0.3, -0.25) is 0 Å². The topological polar surface area (TPSA) is 210 Å². The lowest BCUT2D eigenvalue weighted by molar-refractivity contribution is 0.0690. The normalized spacial score (nSPS) is 17.2. The van der Waals surface area contributed by atoms with Crippen LogP contribution in [0, 0.1) is 0 Å². The van der Waals surface area contributed by atoms with Crippen LogP contribution in [0.1, 0.15) is 66.8 Å². The predicted octanol–water partition coefficient (Wildman–Crippen LogP) is 5.63. The summed E-state index contributed by atoms with van der Waals surface area (Å²) < 4.78 is 0. The second kappa shape index (κ2) is 19.8. The summed E-state index contributed by atoms with van der Waals surface area (Å²) in [5, 5.41) is 30.4. The summed E-state index contributed by atoms with van der Waals surface area (Å²) in [6.07, 6.45) is 17.1. The minimum atomic E-state index is -1.05. The number of nitrogens with zero attached hydrogens (tertiary/aromatic N) is 12. The fraction of sp³-hybridized carbons (Fsp3) is 0.413. The first kappa shape index (κ1) is 42.7. The molecule has 5 N–H and O–H groups in total. The highest BCUT2D eigenvalue weighted by Gasteiger charge is 2.21. The van der Waals surface area contributed by atoms with E-state index in [9.17, 15) is 15.0 Å². The fourth-order valence-electron chi connectivity index (χ4n) is 8.54. The number of aromatic carboxylic acids is 1. The van der Waals surface area contributed by atoms with Gasteiger partial charge in [-0.2, -0.15) is 0 Å². The van der Waals surface area contributed by atoms with E-state index in [0.717, 1.165) is 126 Å². The number of fused-ring (bicyclic) bond motifs is 2. The molecule has 0 atom stereocenters. The second-order valence-corrected chi connectivity index (χ2v) is 16.6. The van der Waals surface area contributed by atoms with E-state index in [2.05, 4.69) is 84.6 Å². The predicted molar refractivity (Wildman–Crippen MR) is 250 cm³/mol. The van der Waals surface area contributed by atoms with Crippen LogP contribution in [0.15, 0.2) is 67.3 Å². The number of carbonyl (C=O) groups is 1. The third-order valence-corrected chi connectivity index (χ3v) is 12.1. The Kier molecular flexibility index (Phi) is 13.2. The monoisotopic (exact) mass is 865 g/mol. The van der Waals surface area contributed by atoms with Crippen molar-refractivity contribution in [3.63, 3.8) is 0 Å². The number of aliphatic hydroxyl groups excluding tert-OH is 1. The summed E-state index contributed by atoms with van der Waals surface area (Å²) in [7, 11) is 2.16. The lowest BCUT2D eigenvalue weighted by atomic mass is 9.95. The number of carboxylic acids is 1. The zero-order valence-electron chi connectivity index (χ0n) is 36.2. The molecule has 3 fully saturated rings. The minimum absolute atomic E-state index is 0.00699. The van der Waals surface area contributed by atoms with Gasteiger partial charge in [-0.05, 0) is 94.0 Å². The van der Waals surface area contributed by atoms with Crippen molar-refractivity contribution in [2.75, 3.05) is 97.8 Å². The van der Waals surface area contributed by atoms with E-state index in [1.54, 1.807) is 12.4 Å². The van der Waals surface area contributed by atoms with Crippen LogP contribution >= 0.6 is 0 Å². The van der Waals surface area contributed by atoms with Gasteiger partial charge in [-0.1, -0.05) is 6.08 Å². The lowest BCUT2D eigenvalue weighted by Gasteiger charge is -2.33. The molecule has 332 valence electrons. The molecule has 3 saturated heterocycles. The highest BCUT2D eigenvalue weighted by Crippen LogP contribution is 2.32. The molecular formula is C46H55N15O3. The third-order valence-electron chi connectivity index (χ3n) is 12.1. The molecule has 4 aliphatic rings. The molecule has 0 unspecified atom stereocenters. The van der Waals surface area contributed by atoms with Crippen molar-refractivity contribution >= 4 is 74.1 Å². The Morgan fingerprint density at radius 2 is 1.31 bits per heavy atom. The molecule has 0 aromatic carbocycles. The number of carboxylic acid groups (broad SMARTS) is 1. The number of rotatable bonds is 10. The van der Waals surface area contributed by atoms with Gasteiger partial charge in [0.1, 0.15) is 22.7 Å². The van der Waals surface area contributed by atoms with Gasteiger partial charge in [-0.25, -0.2) is 44.7 Å². The van der Waals surface area contributed by atoms with E-state index in [1.807, 2.05) is 36.7 Å². The van der Waals surface area contributed by atoms with E-state index in [1.165, 1.54) is 24.5 Å². The first-order valence-electron chi connectivity index (χ1n) is 22.3. The van der Waals surface area contributed by atoms with Crippen LogP contribution in [0.3, 0.4) is 0 Å². The summed E-state index contributed by atoms with van der Waals surface area (Å²) in [5.74, 6) is 1.81. The first-order chi connectivity index (χ1) is 31.4. The zero-order chi connectivity index (χ0) is 43.8. The fourth-order valence-corrected chi connectivity index (χ4v) is 8.54. The number of hydrogen-bond acceptors (Lipinski definition) is 17. The molecule has 1 aliphatic carbocycles. The summed E-state index contributed by atoms with van der Waals surface area (Å²) in [4.78, 5) is 57.2. The van der Waals surface area contributed by atoms with Gasteiger partial charge in [0.25, 0.3) is 0 Å². The molecule has 6 aromatic heterocycles. The standard InChI is InChI=1S/C24H29N7O.C22H26N8O2/c1-30-9-11-31(12-10-30)20-7-8-21(25-15-20)28-24-26-14-18-13-19(16-32)27-22(23(18)29-24)17-5-3-2-4-6-17;31-21(32)17-12-15-13-25-22(28-19(15)20(26-17)30-8-2-1-3-9-30)27-18-5-4-16(14-24-18)29-10-6-23-7-11-29/h5,7-8,13-15,32H,2-4,6,9-12,16H2,1H3,(H,25,26,28,29);4-5,12-14,23H,1-3,6-11H2,(H,31,32)(H,24,25,27,28). The van der Waals surface area contributed by atoms with Crippen LogP contribution in [-0.4, -0.2) is 133 Å². The maximum Gasteiger partial charge on any atom is 0.354 e. The first-order valence-corrected chi connectivity index (χ1v) is 22.3. The van der Waals surface area contributed by atoms with Crippen molar-refractivity contribution < 1.29 is 15.0 Å². The molecule has 0 bridgehead atoms. The van der Waals surface area contributed by atoms with E-state index in [-0.39, 0.29) is 12.3 Å². The number of piperidine rings is 1. The van der Waals surface area contributed by atoms with Crippen LogP contribution in [-0.2, 0) is 6.61 Å². The number of piperazine rings is 2. The molecule has 6 aromatic rings. The molecule has 0 saturated carbocycles. The molecule has 0 spiro atoms. The summed E-state index contributed by atoms with van der Waals surface area (Å²) >= 11 is 0. The maximum absolute atomic E-state index is 11.6. The van der Waals surface area contributed by atoms with Gasteiger partial charge in [0.2, 0.25) is 11.9 Å². The van der Waals surface area contributed by atoms with Gasteiger partial charge in [0, 0.05) is 88.6 Å². The van der Waals surface area contributed by atoms with Crippen LogP contribution < -0.4 is 30.7 Å². The summed E-state index contributed by atoms with van der Waals surface area (Å²) in [6.45, 7) is 9.62. The van der Waals surface area contributed by atoms with Crippen LogP contribution in [0.25, 0.3) is 27.4 Å². The Morgan fingerprint density at radius 1 is 0.672 bits per heavy atom. The van der Waals surface area contributed by atoms with Crippen molar-refractivity contribution in [2.24, 2.45) is 0 Å². The van der Waals surface area contributed by atoms with E-state index in [0.29, 0.717) is 45.9 Å². The van der Waals surface area contributed by atoms with Gasteiger partial charge < -0.3 is 45.8 Å². The Bertz CT molecular complexity index is 2590. The van der Waals surface area contributed by atoms with Crippen LogP contribution in [0.5, 0.6) is 0 Å². The molecule has 64 heavy (non-hydrogen) atoms. The van der Waals surface area contributed by atoms with Crippen molar-refractivity contribution in [2.45, 2.75) is 51.6 Å². The number of allylic oxidation sites excluding steroid dienone is 2. The number of aromatic nitrogens is 8. The van der Waals surface area contributed by atoms with Crippen LogP contribution in [0.4, 0.5) is 40.7 Å². The number of pyridine rings is 4. The number of hydrogen-bond donors (Lipinski definition) is 5. The second-order valence-electron chi connectivity index (χ2n) is 16.6. The zero-order valence-corrected chi connectivity index (χ0v) is 36.2. The molecule has 0 radical (unpaired) electrons. The van der Waals surface area contributed by atoms with E-state index in [4.69, 9.17) is 9.97 Å². The van der Waals surface area contributed by atoms with E-state index < -0.39 is 5.97 Å². The van der Waals surface area contributed by atoms with Crippen molar-refractivity contribution in [3.05, 3.63) is 84.3 Å². The molecule has 18 nitrogen and oxygen atoms in total. The Morgan fingerprint density at radius 3 is 1.91 bits per heavy atom. The Labute approximate surface area is 371 Å². The summed E-state index contributed by atoms with van der Waals surface area (Å²) in [6, 6.07) is 11.4. The number of likely N-dealkylation sites (N-methyl/N-ethyl adjacent to an activating group) is 1. The lowest BCUT2D eigenvalue weighted by Crippen LogP contribution is -2.44. The Balaban J connectivity index is 0.000000162. The molecule has 18 heteroatoms. The highest BCUT2D eigenvalue weighted by molar-refractivity contribution is 5.96. The molecule has 3 aliphatic heterocycles. The molecular weight excluding hydrogens is 811 g/mol. The van der Waals surface area contributed by atoms with Gasteiger partial charge >= 0.3 is 5.97 Å². The van der Waals surface area contributed by atoms with Crippen LogP contribution in [0.2, 0.25) is 0 Å². The van der Waals surface area contributed by atoms with E-state index >= 15 is 0 Å². The molecule has 10 rings (SSSR count). The molecule has 0 amide bonds. The Hall–Kier alpha value is -6.63. The SMILES string of the molecule is CN1CCN(c2ccc(Nc3ncc4cc(CO)nc(C5=CCCCC5)c4n3)nc2)CC1.O=C(O)c1cc2cnc(Nc3ccc(N4CCNCC4)cn3)nc2c(N2CCCCC2)n1. The number of anilines is 7. The minimum Gasteiger partial charge on any atom is -0.477 e. The largest absolute Gasteiger partial charge is 0.477 e. The third kappa shape index (κ3) is 10.1. The number of nitrogens with one attached hydrogen (secondary N) is 3. The maximum atomic E-state index is 11.6. The van der Waals surface area contributed by atoms with Gasteiger partial charge in [0.05, 0.1) is 41.8 Å². The van der Waals surface area contributed by atoms with Crippen molar-refractivity contribution in [3.8, 4) is 0 Å². The summed E-state index contributed by atoms with van der Waals surface area (Å²) in [5.41, 5.74) is 6.39. The van der Waals surface area contributed by atoms with Gasteiger partial charge in [-0.15, -0.1) is 0 Å².